The van der Waals surface area contributed by atoms with Crippen LogP contribution in [0.5, 0.6) is 0 Å². The molecule has 0 aromatic carbocycles. The van der Waals surface area contributed by atoms with Gasteiger partial charge in [-0.2, -0.15) is 0 Å². The zero-order valence-corrected chi connectivity index (χ0v) is 7.73. The van der Waals surface area contributed by atoms with Gasteiger partial charge in [0.15, 0.2) is 0 Å². The van der Waals surface area contributed by atoms with Gasteiger partial charge in [-0.3, -0.25) is 14.9 Å². The Hall–Kier alpha value is -1.29. The maximum absolute atomic E-state index is 11.3. The molecule has 1 unspecified atom stereocenters. The summed E-state index contributed by atoms with van der Waals surface area (Å²) in [7, 11) is 0. The van der Waals surface area contributed by atoms with Gasteiger partial charge in [-0.1, -0.05) is 13.3 Å². The third kappa shape index (κ3) is 2.91. The van der Waals surface area contributed by atoms with Crippen molar-refractivity contribution in [3.05, 3.63) is 24.5 Å². The summed E-state index contributed by atoms with van der Waals surface area (Å²) in [6, 6.07) is 3.27. The number of aromatic nitrogens is 1. The Labute approximate surface area is 77.7 Å². The minimum atomic E-state index is -0.410. The first-order valence-electron chi connectivity index (χ1n) is 4.43. The highest BCUT2D eigenvalue weighted by atomic mass is 16.2. The van der Waals surface area contributed by atoms with Gasteiger partial charge in [0.1, 0.15) is 0 Å². The lowest BCUT2D eigenvalue weighted by atomic mass is 10.2. The van der Waals surface area contributed by atoms with Crippen LogP contribution in [0.3, 0.4) is 0 Å². The molecule has 0 spiro atoms. The Morgan fingerprint density at radius 3 is 2.69 bits per heavy atom. The van der Waals surface area contributed by atoms with Crippen LogP contribution in [-0.4, -0.2) is 16.6 Å². The van der Waals surface area contributed by atoms with E-state index >= 15 is 0 Å². The molecule has 0 radical (unpaired) electrons. The van der Waals surface area contributed by atoms with Crippen LogP contribution in [0.25, 0.3) is 0 Å². The molecule has 1 atom stereocenters. The molecule has 72 valence electrons. The summed E-state index contributed by atoms with van der Waals surface area (Å²) < 4.78 is 1.60. The third-order valence-electron chi connectivity index (χ3n) is 1.78. The summed E-state index contributed by atoms with van der Waals surface area (Å²) in [6.07, 6.45) is 5.15. The Kier molecular flexibility index (Phi) is 3.52. The molecule has 0 saturated carbocycles. The summed E-state index contributed by atoms with van der Waals surface area (Å²) >= 11 is 0. The lowest BCUT2D eigenvalue weighted by Gasteiger charge is -2.11. The zero-order chi connectivity index (χ0) is 9.68. The monoisotopic (exact) mass is 181 g/mol. The molecule has 0 saturated heterocycles. The van der Waals surface area contributed by atoms with E-state index in [0.717, 1.165) is 6.42 Å². The van der Waals surface area contributed by atoms with Crippen LogP contribution in [0.1, 0.15) is 19.8 Å². The minimum Gasteiger partial charge on any atom is -0.320 e. The Morgan fingerprint density at radius 1 is 1.54 bits per heavy atom. The highest BCUT2D eigenvalue weighted by Gasteiger charge is 2.11. The topological polar surface area (TPSA) is 60.1 Å². The van der Waals surface area contributed by atoms with Crippen LogP contribution < -0.4 is 11.2 Å². The summed E-state index contributed by atoms with van der Waals surface area (Å²) in [5, 5.41) is 0. The van der Waals surface area contributed by atoms with Crippen LogP contribution in [0.2, 0.25) is 0 Å². The van der Waals surface area contributed by atoms with Crippen molar-refractivity contribution < 1.29 is 4.79 Å². The van der Waals surface area contributed by atoms with Crippen molar-refractivity contribution in [2.75, 3.05) is 5.43 Å². The van der Waals surface area contributed by atoms with Crippen LogP contribution in [0, 0.1) is 0 Å². The maximum atomic E-state index is 11.3. The van der Waals surface area contributed by atoms with E-state index < -0.39 is 6.04 Å². The number of nitrogens with two attached hydrogens (primary N) is 1. The van der Waals surface area contributed by atoms with Crippen LogP contribution in [0.15, 0.2) is 24.5 Å². The van der Waals surface area contributed by atoms with E-state index in [9.17, 15) is 4.79 Å². The molecule has 1 rings (SSSR count). The van der Waals surface area contributed by atoms with E-state index in [2.05, 4.69) is 5.43 Å². The molecule has 4 nitrogen and oxygen atoms in total. The first-order valence-corrected chi connectivity index (χ1v) is 4.43. The fourth-order valence-corrected chi connectivity index (χ4v) is 1.06. The molecule has 0 aliphatic rings. The Bertz CT molecular complexity index is 256. The van der Waals surface area contributed by atoms with Gasteiger partial charge in [-0.15, -0.1) is 0 Å². The van der Waals surface area contributed by atoms with Crippen LogP contribution >= 0.6 is 0 Å². The van der Waals surface area contributed by atoms with E-state index in [0.29, 0.717) is 6.42 Å². The normalized spacial score (nSPS) is 12.5. The molecule has 0 aliphatic carbocycles. The van der Waals surface area contributed by atoms with E-state index in [1.54, 1.807) is 17.1 Å². The minimum absolute atomic E-state index is 0.141. The summed E-state index contributed by atoms with van der Waals surface area (Å²) in [5.41, 5.74) is 8.28. The van der Waals surface area contributed by atoms with Crippen molar-refractivity contribution in [3.63, 3.8) is 0 Å². The Balaban J connectivity index is 2.41. The molecule has 4 heteroatoms. The predicted octanol–water partition coefficient (Wildman–Crippen LogP) is 0.686. The number of amides is 1. The third-order valence-corrected chi connectivity index (χ3v) is 1.78. The molecule has 1 amide bonds. The highest BCUT2D eigenvalue weighted by molar-refractivity contribution is 5.88. The van der Waals surface area contributed by atoms with E-state index in [1.807, 2.05) is 19.1 Å². The van der Waals surface area contributed by atoms with Gasteiger partial charge in [-0.05, 0) is 18.6 Å². The fourth-order valence-electron chi connectivity index (χ4n) is 1.06. The molecule has 1 aromatic heterocycles. The summed E-state index contributed by atoms with van der Waals surface area (Å²) in [5.74, 6) is -0.141. The Morgan fingerprint density at radius 2 is 2.15 bits per heavy atom. The zero-order valence-electron chi connectivity index (χ0n) is 7.73. The van der Waals surface area contributed by atoms with E-state index in [-0.39, 0.29) is 5.91 Å². The summed E-state index contributed by atoms with van der Waals surface area (Å²) in [4.78, 5) is 11.3. The molecule has 13 heavy (non-hydrogen) atoms. The molecule has 0 fully saturated rings. The first kappa shape index (κ1) is 9.80. The molecule has 0 bridgehead atoms. The van der Waals surface area contributed by atoms with Crippen LogP contribution in [0.4, 0.5) is 0 Å². The van der Waals surface area contributed by atoms with Crippen molar-refractivity contribution >= 4 is 5.91 Å². The molecular formula is C9H15N3O. The average Bonchev–Trinajstić information content (AvgIpc) is 2.57. The number of hydrogen-bond donors (Lipinski definition) is 2. The van der Waals surface area contributed by atoms with Crippen molar-refractivity contribution in [1.29, 1.82) is 0 Å². The summed E-state index contributed by atoms with van der Waals surface area (Å²) in [6.45, 7) is 2.00. The second kappa shape index (κ2) is 4.67. The van der Waals surface area contributed by atoms with E-state index in [4.69, 9.17) is 5.73 Å². The van der Waals surface area contributed by atoms with Gasteiger partial charge in [0, 0.05) is 12.4 Å². The van der Waals surface area contributed by atoms with Crippen molar-refractivity contribution in [3.8, 4) is 0 Å². The van der Waals surface area contributed by atoms with Gasteiger partial charge in [0.25, 0.3) is 5.91 Å². The van der Waals surface area contributed by atoms with Gasteiger partial charge >= 0.3 is 0 Å². The number of hydrogen-bond acceptors (Lipinski definition) is 2. The fraction of sp³-hybridized carbons (Fsp3) is 0.444. The largest absolute Gasteiger partial charge is 0.320 e. The van der Waals surface area contributed by atoms with E-state index in [1.165, 1.54) is 0 Å². The smallest absolute Gasteiger partial charge is 0.255 e. The molecular weight excluding hydrogens is 166 g/mol. The van der Waals surface area contributed by atoms with Gasteiger partial charge in [0.05, 0.1) is 6.04 Å². The standard InChI is InChI=1S/C9H15N3O/c1-2-5-8(10)9(13)11-12-6-3-4-7-12/h3-4,6-8H,2,5,10H2,1H3,(H,11,13). The van der Waals surface area contributed by atoms with Crippen LogP contribution in [-0.2, 0) is 4.79 Å². The predicted molar refractivity (Wildman–Crippen MR) is 51.7 cm³/mol. The maximum Gasteiger partial charge on any atom is 0.255 e. The molecule has 3 N–H and O–H groups in total. The van der Waals surface area contributed by atoms with Crippen molar-refractivity contribution in [2.45, 2.75) is 25.8 Å². The van der Waals surface area contributed by atoms with Crippen molar-refractivity contribution in [2.24, 2.45) is 5.73 Å². The molecule has 0 aliphatic heterocycles. The number of nitrogens with one attached hydrogen (secondary N) is 1. The second-order valence-corrected chi connectivity index (χ2v) is 2.96. The SMILES string of the molecule is CCCC(N)C(=O)Nn1cccc1. The number of rotatable bonds is 4. The lowest BCUT2D eigenvalue weighted by molar-refractivity contribution is -0.118. The van der Waals surface area contributed by atoms with Gasteiger partial charge in [0.2, 0.25) is 0 Å². The molecule has 1 aromatic rings. The quantitative estimate of drug-likeness (QED) is 0.717. The number of carbonyl (C=O) groups excluding carboxylic acids is 1. The average molecular weight is 181 g/mol. The lowest BCUT2D eigenvalue weighted by Crippen LogP contribution is -2.38. The van der Waals surface area contributed by atoms with Crippen molar-refractivity contribution in [1.82, 2.24) is 4.68 Å². The number of nitrogens with zero attached hydrogens (tertiary/aromatic N) is 1. The van der Waals surface area contributed by atoms with Gasteiger partial charge in [-0.25, -0.2) is 0 Å². The molecule has 1 heterocycles. The highest BCUT2D eigenvalue weighted by Crippen LogP contribution is 1.94. The second-order valence-electron chi connectivity index (χ2n) is 2.96. The van der Waals surface area contributed by atoms with Gasteiger partial charge < -0.3 is 5.73 Å². The first-order chi connectivity index (χ1) is 6.24. The number of carbonyl (C=O) groups is 1.